The number of benzene rings is 1. The molecule has 0 unspecified atom stereocenters. The highest BCUT2D eigenvalue weighted by atomic mass is 32.2. The molecule has 2 aromatic rings. The molecule has 1 aromatic heterocycles. The van der Waals surface area contributed by atoms with Crippen LogP contribution in [0, 0.1) is 0 Å². The number of rotatable bonds is 1. The number of nitrogen functional groups attached to an aromatic ring is 1. The van der Waals surface area contributed by atoms with Crippen molar-refractivity contribution in [1.29, 1.82) is 0 Å². The highest BCUT2D eigenvalue weighted by molar-refractivity contribution is 8.00. The predicted octanol–water partition coefficient (Wildman–Crippen LogP) is 2.74. The molecular weight excluding hydrogens is 246 g/mol. The molecule has 1 aliphatic rings. The number of para-hydroxylation sites is 1. The van der Waals surface area contributed by atoms with Crippen LogP contribution in [-0.4, -0.2) is 28.6 Å². The summed E-state index contributed by atoms with van der Waals surface area (Å²) in [6.45, 7) is 6.42. The van der Waals surface area contributed by atoms with E-state index in [1.807, 2.05) is 30.0 Å². The van der Waals surface area contributed by atoms with Crippen molar-refractivity contribution in [2.45, 2.75) is 18.6 Å². The maximum Gasteiger partial charge on any atom is 0.298 e. The number of hydrogen-bond acceptors (Lipinski definition) is 5. The van der Waals surface area contributed by atoms with Gasteiger partial charge in [-0.15, -0.1) is 0 Å². The molecule has 3 rings (SSSR count). The summed E-state index contributed by atoms with van der Waals surface area (Å²) in [5, 5.41) is 0. The van der Waals surface area contributed by atoms with Crippen LogP contribution in [0.1, 0.15) is 13.8 Å². The lowest BCUT2D eigenvalue weighted by molar-refractivity contribution is 0.542. The van der Waals surface area contributed by atoms with E-state index >= 15 is 0 Å². The number of hydrogen-bond donors (Lipinski definition) is 1. The van der Waals surface area contributed by atoms with Gasteiger partial charge in [-0.2, -0.15) is 16.7 Å². The Hall–Kier alpha value is -1.36. The lowest BCUT2D eigenvalue weighted by Gasteiger charge is -2.36. The van der Waals surface area contributed by atoms with Crippen molar-refractivity contribution in [3.8, 4) is 0 Å². The summed E-state index contributed by atoms with van der Waals surface area (Å²) in [6.07, 6.45) is 0. The largest absolute Gasteiger partial charge is 0.423 e. The Kier molecular flexibility index (Phi) is 2.66. The molecule has 5 heteroatoms. The van der Waals surface area contributed by atoms with Crippen LogP contribution in [-0.2, 0) is 0 Å². The summed E-state index contributed by atoms with van der Waals surface area (Å²) in [7, 11) is 0. The lowest BCUT2D eigenvalue weighted by atomic mass is 10.2. The minimum absolute atomic E-state index is 0.241. The molecule has 96 valence electrons. The van der Waals surface area contributed by atoms with Crippen LogP contribution in [0.5, 0.6) is 0 Å². The summed E-state index contributed by atoms with van der Waals surface area (Å²) in [5.74, 6) is 1.10. The van der Waals surface area contributed by atoms with Crippen LogP contribution in [0.2, 0.25) is 0 Å². The van der Waals surface area contributed by atoms with Crippen molar-refractivity contribution < 1.29 is 4.42 Å². The molecule has 0 bridgehead atoms. The molecule has 2 heterocycles. The van der Waals surface area contributed by atoms with Gasteiger partial charge in [-0.05, 0) is 26.0 Å². The second-order valence-electron chi connectivity index (χ2n) is 5.22. The first kappa shape index (κ1) is 11.7. The quantitative estimate of drug-likeness (QED) is 0.802. The van der Waals surface area contributed by atoms with Crippen molar-refractivity contribution in [3.63, 3.8) is 0 Å². The Balaban J connectivity index is 1.97. The van der Waals surface area contributed by atoms with Crippen LogP contribution >= 0.6 is 11.8 Å². The maximum atomic E-state index is 5.91. The average molecular weight is 263 g/mol. The lowest BCUT2D eigenvalue weighted by Crippen LogP contribution is -2.43. The van der Waals surface area contributed by atoms with E-state index in [0.29, 0.717) is 11.7 Å². The van der Waals surface area contributed by atoms with Gasteiger partial charge in [0.15, 0.2) is 5.58 Å². The standard InChI is InChI=1S/C13H17N3OS/c1-13(2)8-16(6-7-18-13)12-15-11-9(14)4-3-5-10(11)17-12/h3-5H,6-8,14H2,1-2H3. The zero-order valence-corrected chi connectivity index (χ0v) is 11.5. The molecule has 0 radical (unpaired) electrons. The van der Waals surface area contributed by atoms with E-state index in [4.69, 9.17) is 10.2 Å². The third kappa shape index (κ3) is 2.03. The first-order valence-electron chi connectivity index (χ1n) is 6.09. The zero-order chi connectivity index (χ0) is 12.8. The van der Waals surface area contributed by atoms with Gasteiger partial charge in [0.1, 0.15) is 5.52 Å². The Labute approximate surface area is 111 Å². The molecule has 18 heavy (non-hydrogen) atoms. The fourth-order valence-electron chi connectivity index (χ4n) is 2.27. The second-order valence-corrected chi connectivity index (χ2v) is 7.02. The number of nitrogens with zero attached hydrogens (tertiary/aromatic N) is 2. The number of oxazole rings is 1. The minimum Gasteiger partial charge on any atom is -0.423 e. The van der Waals surface area contributed by atoms with Crippen LogP contribution in [0.25, 0.3) is 11.1 Å². The zero-order valence-electron chi connectivity index (χ0n) is 10.6. The molecule has 0 saturated carbocycles. The van der Waals surface area contributed by atoms with E-state index in [1.165, 1.54) is 0 Å². The second kappa shape index (κ2) is 4.09. The molecule has 1 aliphatic heterocycles. The maximum absolute atomic E-state index is 5.91. The normalized spacial score (nSPS) is 19.3. The van der Waals surface area contributed by atoms with E-state index in [1.54, 1.807) is 0 Å². The molecule has 0 amide bonds. The Morgan fingerprint density at radius 2 is 2.28 bits per heavy atom. The molecule has 1 aromatic carbocycles. The summed E-state index contributed by atoms with van der Waals surface area (Å²) in [4.78, 5) is 6.73. The van der Waals surface area contributed by atoms with Gasteiger partial charge < -0.3 is 15.1 Å². The average Bonchev–Trinajstić information content (AvgIpc) is 2.73. The number of aromatic nitrogens is 1. The Morgan fingerprint density at radius 1 is 1.44 bits per heavy atom. The van der Waals surface area contributed by atoms with Crippen LogP contribution in [0.15, 0.2) is 22.6 Å². The molecule has 1 saturated heterocycles. The molecular formula is C13H17N3OS. The number of thioether (sulfide) groups is 1. The molecule has 0 aliphatic carbocycles. The monoisotopic (exact) mass is 263 g/mol. The SMILES string of the molecule is CC1(C)CN(c2nc3c(N)cccc3o2)CCS1. The molecule has 0 spiro atoms. The van der Waals surface area contributed by atoms with E-state index in [9.17, 15) is 0 Å². The third-order valence-corrected chi connectivity index (χ3v) is 4.43. The van der Waals surface area contributed by atoms with E-state index < -0.39 is 0 Å². The predicted molar refractivity (Wildman–Crippen MR) is 77.2 cm³/mol. The molecule has 4 nitrogen and oxygen atoms in total. The van der Waals surface area contributed by atoms with Gasteiger partial charge in [0, 0.05) is 23.6 Å². The fourth-order valence-corrected chi connectivity index (χ4v) is 3.38. The summed E-state index contributed by atoms with van der Waals surface area (Å²) in [5.41, 5.74) is 8.11. The fraction of sp³-hybridized carbons (Fsp3) is 0.462. The number of fused-ring (bicyclic) bond motifs is 1. The number of nitrogens with two attached hydrogens (primary N) is 1. The van der Waals surface area contributed by atoms with Crippen molar-refractivity contribution in [2.75, 3.05) is 29.5 Å². The van der Waals surface area contributed by atoms with Crippen LogP contribution in [0.4, 0.5) is 11.7 Å². The van der Waals surface area contributed by atoms with E-state index in [2.05, 4.69) is 23.7 Å². The van der Waals surface area contributed by atoms with Gasteiger partial charge in [-0.3, -0.25) is 0 Å². The first-order valence-corrected chi connectivity index (χ1v) is 7.08. The summed E-state index contributed by atoms with van der Waals surface area (Å²) in [6, 6.07) is 6.34. The molecule has 2 N–H and O–H groups in total. The topological polar surface area (TPSA) is 55.3 Å². The van der Waals surface area contributed by atoms with Gasteiger partial charge in [-0.1, -0.05) is 6.07 Å². The van der Waals surface area contributed by atoms with Crippen LogP contribution in [0.3, 0.4) is 0 Å². The van der Waals surface area contributed by atoms with Gasteiger partial charge in [0.25, 0.3) is 6.01 Å². The van der Waals surface area contributed by atoms with Gasteiger partial charge in [0.05, 0.1) is 5.69 Å². The van der Waals surface area contributed by atoms with E-state index in [0.717, 1.165) is 29.9 Å². The summed E-state index contributed by atoms with van der Waals surface area (Å²) >= 11 is 1.99. The van der Waals surface area contributed by atoms with Gasteiger partial charge in [-0.25, -0.2) is 0 Å². The Morgan fingerprint density at radius 3 is 3.00 bits per heavy atom. The number of anilines is 2. The van der Waals surface area contributed by atoms with Crippen LogP contribution < -0.4 is 10.6 Å². The smallest absolute Gasteiger partial charge is 0.298 e. The van der Waals surface area contributed by atoms with Crippen molar-refractivity contribution in [2.24, 2.45) is 0 Å². The van der Waals surface area contributed by atoms with Gasteiger partial charge in [0.2, 0.25) is 0 Å². The van der Waals surface area contributed by atoms with Crippen molar-refractivity contribution in [1.82, 2.24) is 4.98 Å². The minimum atomic E-state index is 0.241. The molecule has 1 fully saturated rings. The highest BCUT2D eigenvalue weighted by Crippen LogP contribution is 2.33. The first-order chi connectivity index (χ1) is 8.55. The summed E-state index contributed by atoms with van der Waals surface area (Å²) < 4.78 is 6.05. The highest BCUT2D eigenvalue weighted by Gasteiger charge is 2.29. The third-order valence-electron chi connectivity index (χ3n) is 3.14. The van der Waals surface area contributed by atoms with E-state index in [-0.39, 0.29) is 4.75 Å². The Bertz CT molecular complexity index is 579. The molecule has 0 atom stereocenters. The van der Waals surface area contributed by atoms with Crippen molar-refractivity contribution in [3.05, 3.63) is 18.2 Å². The van der Waals surface area contributed by atoms with Gasteiger partial charge >= 0.3 is 0 Å². The van der Waals surface area contributed by atoms with Crippen molar-refractivity contribution >= 4 is 34.6 Å².